The van der Waals surface area contributed by atoms with Gasteiger partial charge in [-0.2, -0.15) is 0 Å². The molecule has 0 aromatic carbocycles. The fraction of sp³-hybridized carbons (Fsp3) is 0.812. The lowest BCUT2D eigenvalue weighted by Crippen LogP contribution is -2.53. The van der Waals surface area contributed by atoms with Gasteiger partial charge in [0.15, 0.2) is 0 Å². The zero-order valence-electron chi connectivity index (χ0n) is 14.2. The van der Waals surface area contributed by atoms with Gasteiger partial charge < -0.3 is 4.43 Å². The molecular formula is C16H31BrO2Si. The molecule has 0 aromatic rings. The number of rotatable bonds is 6. The second kappa shape index (κ2) is 7.78. The Labute approximate surface area is 134 Å². The molecule has 0 saturated heterocycles. The molecule has 2 nitrogen and oxygen atoms in total. The van der Waals surface area contributed by atoms with Crippen LogP contribution in [0.15, 0.2) is 12.2 Å². The second-order valence-electron chi connectivity index (χ2n) is 7.53. The number of unbranched alkanes of at least 4 members (excludes halogenated alkanes) is 1. The quantitative estimate of drug-likeness (QED) is 0.257. The van der Waals surface area contributed by atoms with Crippen LogP contribution < -0.4 is 0 Å². The molecule has 20 heavy (non-hydrogen) atoms. The first-order valence-corrected chi connectivity index (χ1v) is 10.9. The Morgan fingerprint density at radius 1 is 1.10 bits per heavy atom. The van der Waals surface area contributed by atoms with Crippen molar-refractivity contribution < 1.29 is 9.22 Å². The Balaban J connectivity index is 4.63. The first kappa shape index (κ1) is 19.9. The van der Waals surface area contributed by atoms with Crippen molar-refractivity contribution in [3.05, 3.63) is 12.2 Å². The Kier molecular flexibility index (Phi) is 7.75. The molecule has 0 heterocycles. The minimum absolute atomic E-state index is 0.0312. The van der Waals surface area contributed by atoms with Crippen LogP contribution >= 0.6 is 15.9 Å². The minimum Gasteiger partial charge on any atom is -0.518 e. The zero-order valence-corrected chi connectivity index (χ0v) is 16.8. The third-order valence-electron chi connectivity index (χ3n) is 4.19. The first-order chi connectivity index (χ1) is 8.95. The van der Waals surface area contributed by atoms with E-state index in [1.54, 1.807) is 0 Å². The van der Waals surface area contributed by atoms with E-state index in [9.17, 15) is 4.79 Å². The summed E-state index contributed by atoms with van der Waals surface area (Å²) in [6.07, 6.45) is 6.48. The molecular weight excluding hydrogens is 332 g/mol. The van der Waals surface area contributed by atoms with E-state index in [1.165, 1.54) is 0 Å². The Bertz CT molecular complexity index is 323. The number of carbonyl (C=O) groups is 1. The van der Waals surface area contributed by atoms with E-state index < -0.39 is 8.32 Å². The molecule has 0 aliphatic carbocycles. The molecule has 118 valence electrons. The highest BCUT2D eigenvalue weighted by Crippen LogP contribution is 2.51. The molecule has 0 spiro atoms. The van der Waals surface area contributed by atoms with Gasteiger partial charge in [-0.25, -0.2) is 0 Å². The number of hydrogen-bond acceptors (Lipinski definition) is 2. The summed E-state index contributed by atoms with van der Waals surface area (Å²) in [4.78, 5) is 12.2. The van der Waals surface area contributed by atoms with Gasteiger partial charge in [0, 0.05) is 11.8 Å². The fourth-order valence-corrected chi connectivity index (χ4v) is 5.94. The third-order valence-corrected chi connectivity index (χ3v) is 10.9. The molecule has 0 bridgehead atoms. The largest absolute Gasteiger partial charge is 0.518 e. The van der Waals surface area contributed by atoms with Crippen molar-refractivity contribution >= 4 is 30.2 Å². The first-order valence-electron chi connectivity index (χ1n) is 7.38. The molecule has 0 aliphatic rings. The average molecular weight is 363 g/mol. The lowest BCUT2D eigenvalue weighted by atomic mass is 10.2. The molecule has 0 amide bonds. The number of alkyl halides is 1. The number of halogens is 1. The van der Waals surface area contributed by atoms with Crippen molar-refractivity contribution in [2.24, 2.45) is 0 Å². The average Bonchev–Trinajstić information content (AvgIpc) is 2.25. The van der Waals surface area contributed by atoms with Crippen LogP contribution in [0, 0.1) is 0 Å². The molecule has 0 unspecified atom stereocenters. The Hall–Kier alpha value is -0.0931. The van der Waals surface area contributed by atoms with Gasteiger partial charge in [0.1, 0.15) is 0 Å². The predicted octanol–water partition coefficient (Wildman–Crippen LogP) is 5.83. The monoisotopic (exact) mass is 362 g/mol. The maximum absolute atomic E-state index is 12.2. The Morgan fingerprint density at radius 2 is 1.60 bits per heavy atom. The number of allylic oxidation sites excluding steroid dienone is 2. The summed E-state index contributed by atoms with van der Waals surface area (Å²) in [6, 6.07) is 0. The zero-order chi connectivity index (χ0) is 16.0. The van der Waals surface area contributed by atoms with Crippen LogP contribution in [-0.4, -0.2) is 19.6 Å². The van der Waals surface area contributed by atoms with Gasteiger partial charge in [0.25, 0.3) is 14.3 Å². The van der Waals surface area contributed by atoms with Crippen molar-refractivity contribution in [1.29, 1.82) is 0 Å². The molecule has 0 saturated carbocycles. The summed E-state index contributed by atoms with van der Waals surface area (Å²) < 4.78 is 6.04. The van der Waals surface area contributed by atoms with Gasteiger partial charge in [-0.1, -0.05) is 69.6 Å². The van der Waals surface area contributed by atoms with Gasteiger partial charge in [-0.3, -0.25) is 4.79 Å². The topological polar surface area (TPSA) is 26.3 Å². The van der Waals surface area contributed by atoms with E-state index in [0.29, 0.717) is 6.42 Å². The predicted molar refractivity (Wildman–Crippen MR) is 93.9 cm³/mol. The normalized spacial score (nSPS) is 13.8. The highest BCUT2D eigenvalue weighted by atomic mass is 79.9. The van der Waals surface area contributed by atoms with E-state index in [1.807, 2.05) is 0 Å². The van der Waals surface area contributed by atoms with E-state index in [2.05, 4.69) is 76.2 Å². The van der Waals surface area contributed by atoms with Gasteiger partial charge in [0.05, 0.1) is 0 Å². The maximum atomic E-state index is 12.2. The summed E-state index contributed by atoms with van der Waals surface area (Å²) in [5, 5.41) is 0.948. The van der Waals surface area contributed by atoms with Crippen LogP contribution in [-0.2, 0) is 9.22 Å². The standard InChI is InChI=1S/C16H31BrO2Si/c1-15(2,3)20(7,16(4,5)6)19-14(18)12-10-8-9-11-13-17/h9,11H,8,10,12-13H2,1-7H3/b11-9-. The van der Waals surface area contributed by atoms with E-state index >= 15 is 0 Å². The molecule has 0 aliphatic heterocycles. The van der Waals surface area contributed by atoms with Crippen molar-refractivity contribution in [1.82, 2.24) is 0 Å². The van der Waals surface area contributed by atoms with Gasteiger partial charge in [0.2, 0.25) is 0 Å². The molecule has 0 rings (SSSR count). The summed E-state index contributed by atoms with van der Waals surface area (Å²) in [6.45, 7) is 15.3. The van der Waals surface area contributed by atoms with Crippen molar-refractivity contribution in [2.45, 2.75) is 77.4 Å². The third kappa shape index (κ3) is 5.72. The van der Waals surface area contributed by atoms with E-state index in [-0.39, 0.29) is 16.0 Å². The van der Waals surface area contributed by atoms with Crippen LogP contribution in [0.4, 0.5) is 0 Å². The van der Waals surface area contributed by atoms with Crippen LogP contribution in [0.2, 0.25) is 16.6 Å². The Morgan fingerprint density at radius 3 is 2.00 bits per heavy atom. The lowest BCUT2D eigenvalue weighted by molar-refractivity contribution is -0.136. The van der Waals surface area contributed by atoms with Crippen molar-refractivity contribution in [2.75, 3.05) is 5.33 Å². The van der Waals surface area contributed by atoms with E-state index in [0.717, 1.165) is 18.2 Å². The van der Waals surface area contributed by atoms with Gasteiger partial charge in [-0.05, 0) is 29.5 Å². The number of carbonyl (C=O) groups excluding carboxylic acids is 1. The summed E-state index contributed by atoms with van der Waals surface area (Å²) in [7, 11) is -2.17. The molecule has 0 aromatic heterocycles. The minimum atomic E-state index is -2.17. The molecule has 0 N–H and O–H groups in total. The van der Waals surface area contributed by atoms with Crippen molar-refractivity contribution in [3.63, 3.8) is 0 Å². The summed E-state index contributed by atoms with van der Waals surface area (Å²) >= 11 is 3.34. The van der Waals surface area contributed by atoms with Crippen LogP contribution in [0.25, 0.3) is 0 Å². The summed E-state index contributed by atoms with van der Waals surface area (Å²) in [5.74, 6) is -0.0312. The number of hydrogen-bond donors (Lipinski definition) is 0. The molecule has 0 atom stereocenters. The highest BCUT2D eigenvalue weighted by Gasteiger charge is 2.53. The SMILES string of the molecule is CC(C)(C)[Si](C)(OC(=O)CCC/C=C\CBr)C(C)(C)C. The second-order valence-corrected chi connectivity index (χ2v) is 13.4. The van der Waals surface area contributed by atoms with Gasteiger partial charge >= 0.3 is 0 Å². The molecule has 4 heteroatoms. The summed E-state index contributed by atoms with van der Waals surface area (Å²) in [5.41, 5.74) is 0. The smallest absolute Gasteiger partial charge is 0.292 e. The maximum Gasteiger partial charge on any atom is 0.292 e. The van der Waals surface area contributed by atoms with Crippen molar-refractivity contribution in [3.8, 4) is 0 Å². The van der Waals surface area contributed by atoms with Crippen LogP contribution in [0.3, 0.4) is 0 Å². The molecule has 0 radical (unpaired) electrons. The highest BCUT2D eigenvalue weighted by molar-refractivity contribution is 9.09. The van der Waals surface area contributed by atoms with Gasteiger partial charge in [-0.15, -0.1) is 0 Å². The van der Waals surface area contributed by atoms with Crippen LogP contribution in [0.1, 0.15) is 60.8 Å². The fourth-order valence-electron chi connectivity index (χ4n) is 2.25. The molecule has 0 fully saturated rings. The van der Waals surface area contributed by atoms with Crippen LogP contribution in [0.5, 0.6) is 0 Å². The van der Waals surface area contributed by atoms with E-state index in [4.69, 9.17) is 4.43 Å². The lowest BCUT2D eigenvalue weighted by Gasteiger charge is -2.47.